The summed E-state index contributed by atoms with van der Waals surface area (Å²) in [6.45, 7) is 8.59. The number of rotatable bonds is 5. The van der Waals surface area contributed by atoms with Crippen LogP contribution in [-0.2, 0) is 9.63 Å². The Kier molecular flexibility index (Phi) is 4.99. The van der Waals surface area contributed by atoms with Crippen LogP contribution in [0.15, 0.2) is 17.3 Å². The summed E-state index contributed by atoms with van der Waals surface area (Å²) in [6, 6.07) is 4.13. The van der Waals surface area contributed by atoms with Gasteiger partial charge in [0.2, 0.25) is 5.91 Å². The summed E-state index contributed by atoms with van der Waals surface area (Å²) in [5.41, 5.74) is 4.35. The second kappa shape index (κ2) is 6.74. The molecule has 1 N–H and O–H groups in total. The summed E-state index contributed by atoms with van der Waals surface area (Å²) in [5.74, 6) is 1.11. The molecule has 0 spiro atoms. The van der Waals surface area contributed by atoms with Crippen molar-refractivity contribution in [2.45, 2.75) is 47.0 Å². The molecule has 2 rings (SSSR count). The number of amides is 1. The molecule has 4 nitrogen and oxygen atoms in total. The molecule has 1 amide bonds. The number of carbonyl (C=O) groups is 1. The molecule has 0 atom stereocenters. The SMILES string of the molecule is CCC(=O)N/C(=N\OCC1CC1)c1c(C)ccc(C)c1C. The number of oxime groups is 1. The lowest BCUT2D eigenvalue weighted by Gasteiger charge is -2.15. The van der Waals surface area contributed by atoms with Gasteiger partial charge < -0.3 is 10.2 Å². The van der Waals surface area contributed by atoms with E-state index < -0.39 is 0 Å². The minimum Gasteiger partial charge on any atom is -0.394 e. The quantitative estimate of drug-likeness (QED) is 0.514. The van der Waals surface area contributed by atoms with Gasteiger partial charge in [-0.25, -0.2) is 0 Å². The second-order valence-electron chi connectivity index (χ2n) is 5.78. The van der Waals surface area contributed by atoms with Gasteiger partial charge in [0.05, 0.1) is 0 Å². The lowest BCUT2D eigenvalue weighted by Crippen LogP contribution is -2.32. The van der Waals surface area contributed by atoms with E-state index in [1.807, 2.05) is 26.8 Å². The Morgan fingerprint density at radius 2 is 1.95 bits per heavy atom. The fraction of sp³-hybridized carbons (Fsp3) is 0.529. The van der Waals surface area contributed by atoms with E-state index in [4.69, 9.17) is 4.84 Å². The summed E-state index contributed by atoms with van der Waals surface area (Å²) in [5, 5.41) is 7.08. The van der Waals surface area contributed by atoms with Crippen molar-refractivity contribution in [1.29, 1.82) is 0 Å². The minimum absolute atomic E-state index is 0.0518. The molecule has 0 aromatic heterocycles. The number of nitrogens with zero attached hydrogens (tertiary/aromatic N) is 1. The topological polar surface area (TPSA) is 50.7 Å². The third-order valence-electron chi connectivity index (χ3n) is 3.92. The molecule has 1 aliphatic carbocycles. The molecule has 0 unspecified atom stereocenters. The Morgan fingerprint density at radius 1 is 1.29 bits per heavy atom. The number of aryl methyl sites for hydroxylation is 2. The maximum atomic E-state index is 11.8. The van der Waals surface area contributed by atoms with Gasteiger partial charge >= 0.3 is 0 Å². The lowest BCUT2D eigenvalue weighted by molar-refractivity contribution is -0.119. The van der Waals surface area contributed by atoms with E-state index in [1.54, 1.807) is 0 Å². The molecule has 0 aliphatic heterocycles. The van der Waals surface area contributed by atoms with Crippen LogP contribution in [-0.4, -0.2) is 18.3 Å². The van der Waals surface area contributed by atoms with Gasteiger partial charge in [0.25, 0.3) is 0 Å². The molecule has 1 fully saturated rings. The van der Waals surface area contributed by atoms with Gasteiger partial charge in [-0.1, -0.05) is 24.2 Å². The summed E-state index contributed by atoms with van der Waals surface area (Å²) in [7, 11) is 0. The fourth-order valence-electron chi connectivity index (χ4n) is 2.16. The van der Waals surface area contributed by atoms with E-state index in [0.717, 1.165) is 16.7 Å². The number of benzene rings is 1. The third-order valence-corrected chi connectivity index (χ3v) is 3.92. The van der Waals surface area contributed by atoms with E-state index in [-0.39, 0.29) is 5.91 Å². The van der Waals surface area contributed by atoms with Crippen LogP contribution < -0.4 is 5.32 Å². The van der Waals surface area contributed by atoms with E-state index in [9.17, 15) is 4.79 Å². The number of nitrogens with one attached hydrogen (secondary N) is 1. The zero-order valence-corrected chi connectivity index (χ0v) is 13.3. The number of hydrogen-bond acceptors (Lipinski definition) is 3. The highest BCUT2D eigenvalue weighted by molar-refractivity contribution is 6.09. The number of hydrogen-bond donors (Lipinski definition) is 1. The summed E-state index contributed by atoms with van der Waals surface area (Å²) in [6.07, 6.45) is 2.86. The summed E-state index contributed by atoms with van der Waals surface area (Å²) < 4.78 is 0. The van der Waals surface area contributed by atoms with Crippen LogP contribution in [0, 0.1) is 26.7 Å². The normalized spacial score (nSPS) is 15.0. The molecular formula is C17H24N2O2. The Bertz CT molecular complexity index is 560. The number of amidine groups is 1. The van der Waals surface area contributed by atoms with Gasteiger partial charge in [-0.2, -0.15) is 0 Å². The maximum Gasteiger partial charge on any atom is 0.225 e. The molecule has 0 bridgehead atoms. The van der Waals surface area contributed by atoms with Crippen LogP contribution in [0.1, 0.15) is 48.4 Å². The predicted molar refractivity (Wildman–Crippen MR) is 84.3 cm³/mol. The van der Waals surface area contributed by atoms with Crippen molar-refractivity contribution >= 4 is 11.7 Å². The van der Waals surface area contributed by atoms with Crippen LogP contribution >= 0.6 is 0 Å². The third kappa shape index (κ3) is 4.06. The molecule has 0 heterocycles. The van der Waals surface area contributed by atoms with Crippen LogP contribution in [0.2, 0.25) is 0 Å². The van der Waals surface area contributed by atoms with Crippen molar-refractivity contribution in [1.82, 2.24) is 5.32 Å². The van der Waals surface area contributed by atoms with E-state index >= 15 is 0 Å². The predicted octanol–water partition coefficient (Wildman–Crippen LogP) is 3.23. The van der Waals surface area contributed by atoms with Crippen LogP contribution in [0.3, 0.4) is 0 Å². The minimum atomic E-state index is -0.0518. The highest BCUT2D eigenvalue weighted by Gasteiger charge is 2.22. The van der Waals surface area contributed by atoms with Crippen molar-refractivity contribution in [2.75, 3.05) is 6.61 Å². The first-order valence-corrected chi connectivity index (χ1v) is 7.60. The highest BCUT2D eigenvalue weighted by atomic mass is 16.6. The van der Waals surface area contributed by atoms with Gasteiger partial charge in [0.1, 0.15) is 6.61 Å². The molecule has 0 saturated heterocycles. The largest absolute Gasteiger partial charge is 0.394 e. The first kappa shape index (κ1) is 15.5. The van der Waals surface area contributed by atoms with E-state index in [2.05, 4.69) is 23.5 Å². The highest BCUT2D eigenvalue weighted by Crippen LogP contribution is 2.29. The molecule has 1 aliphatic rings. The molecule has 114 valence electrons. The van der Waals surface area contributed by atoms with Gasteiger partial charge in [-0.05, 0) is 56.2 Å². The second-order valence-corrected chi connectivity index (χ2v) is 5.78. The van der Waals surface area contributed by atoms with E-state index in [0.29, 0.717) is 24.8 Å². The maximum absolute atomic E-state index is 11.8. The molecule has 21 heavy (non-hydrogen) atoms. The Balaban J connectivity index is 2.28. The monoisotopic (exact) mass is 288 g/mol. The van der Waals surface area contributed by atoms with Gasteiger partial charge in [-0.15, -0.1) is 0 Å². The van der Waals surface area contributed by atoms with Crippen molar-refractivity contribution in [3.05, 3.63) is 34.4 Å². The van der Waals surface area contributed by atoms with Crippen molar-refractivity contribution < 1.29 is 9.63 Å². The van der Waals surface area contributed by atoms with Crippen LogP contribution in [0.25, 0.3) is 0 Å². The average molecular weight is 288 g/mol. The standard InChI is InChI=1S/C17H24N2O2/c1-5-15(20)18-17(19-21-10-14-8-9-14)16-12(3)7-6-11(2)13(16)4/h6-7,14H,5,8-10H2,1-4H3,(H,18,19,20). The van der Waals surface area contributed by atoms with Crippen molar-refractivity contribution in [3.63, 3.8) is 0 Å². The van der Waals surface area contributed by atoms with E-state index in [1.165, 1.54) is 18.4 Å². The molecule has 1 aromatic carbocycles. The molecule has 1 saturated carbocycles. The lowest BCUT2D eigenvalue weighted by atomic mass is 9.97. The smallest absolute Gasteiger partial charge is 0.225 e. The van der Waals surface area contributed by atoms with Gasteiger partial charge in [0.15, 0.2) is 5.84 Å². The van der Waals surface area contributed by atoms with Crippen molar-refractivity contribution in [2.24, 2.45) is 11.1 Å². The van der Waals surface area contributed by atoms with Crippen molar-refractivity contribution in [3.8, 4) is 0 Å². The zero-order chi connectivity index (χ0) is 15.4. The van der Waals surface area contributed by atoms with Crippen LogP contribution in [0.4, 0.5) is 0 Å². The van der Waals surface area contributed by atoms with Gasteiger partial charge in [0, 0.05) is 12.0 Å². The summed E-state index contributed by atoms with van der Waals surface area (Å²) >= 11 is 0. The zero-order valence-electron chi connectivity index (χ0n) is 13.3. The molecular weight excluding hydrogens is 264 g/mol. The molecule has 0 radical (unpaired) electrons. The summed E-state index contributed by atoms with van der Waals surface area (Å²) in [4.78, 5) is 17.2. The first-order valence-electron chi connectivity index (χ1n) is 7.60. The average Bonchev–Trinajstić information content (AvgIpc) is 3.27. The number of carbonyl (C=O) groups excluding carboxylic acids is 1. The fourth-order valence-corrected chi connectivity index (χ4v) is 2.16. The van der Waals surface area contributed by atoms with Gasteiger partial charge in [-0.3, -0.25) is 4.79 Å². The molecule has 1 aromatic rings. The Hall–Kier alpha value is -1.84. The Labute approximate surface area is 126 Å². The molecule has 4 heteroatoms. The van der Waals surface area contributed by atoms with Crippen LogP contribution in [0.5, 0.6) is 0 Å². The first-order chi connectivity index (χ1) is 10.0. The Morgan fingerprint density at radius 3 is 2.57 bits per heavy atom.